The molecular formula is C19H22O3. The van der Waals surface area contributed by atoms with Gasteiger partial charge < -0.3 is 9.47 Å². The number of carbonyl (C=O) groups is 1. The first kappa shape index (κ1) is 16.1. The summed E-state index contributed by atoms with van der Waals surface area (Å²) in [5, 5.41) is 0. The van der Waals surface area contributed by atoms with Crippen molar-refractivity contribution in [3.05, 3.63) is 59.2 Å². The van der Waals surface area contributed by atoms with E-state index in [1.54, 1.807) is 25.3 Å². The minimum Gasteiger partial charge on any atom is -0.493 e. The zero-order chi connectivity index (χ0) is 16.2. The van der Waals surface area contributed by atoms with Gasteiger partial charge in [-0.25, -0.2) is 0 Å². The second kappa shape index (κ2) is 6.65. The van der Waals surface area contributed by atoms with Crippen LogP contribution in [0.3, 0.4) is 0 Å². The maximum Gasteiger partial charge on any atom is 0.161 e. The Kier molecular flexibility index (Phi) is 4.86. The van der Waals surface area contributed by atoms with Crippen molar-refractivity contribution in [1.82, 2.24) is 0 Å². The minimum absolute atomic E-state index is 0.146. The Balaban J connectivity index is 2.08. The van der Waals surface area contributed by atoms with Crippen molar-refractivity contribution >= 4 is 6.29 Å². The summed E-state index contributed by atoms with van der Waals surface area (Å²) in [5.41, 5.74) is 3.10. The van der Waals surface area contributed by atoms with Crippen LogP contribution in [0.5, 0.6) is 11.5 Å². The summed E-state index contributed by atoms with van der Waals surface area (Å²) < 4.78 is 11.1. The fourth-order valence-electron chi connectivity index (χ4n) is 2.14. The van der Waals surface area contributed by atoms with Gasteiger partial charge >= 0.3 is 0 Å². The van der Waals surface area contributed by atoms with Crippen molar-refractivity contribution in [3.8, 4) is 11.5 Å². The first-order valence-corrected chi connectivity index (χ1v) is 7.29. The number of rotatable bonds is 5. The van der Waals surface area contributed by atoms with Crippen LogP contribution in [0.2, 0.25) is 0 Å². The van der Waals surface area contributed by atoms with Crippen LogP contribution in [-0.2, 0) is 12.0 Å². The normalized spacial score (nSPS) is 11.1. The standard InChI is InChI=1S/C19H22O3/c1-19(2,3)16-8-5-14(6-9-16)13-22-17-10-7-15(12-20)11-18(17)21-4/h5-12H,13H2,1-4H3. The summed E-state index contributed by atoms with van der Waals surface area (Å²) in [7, 11) is 1.56. The Morgan fingerprint density at radius 2 is 1.68 bits per heavy atom. The van der Waals surface area contributed by atoms with E-state index in [0.29, 0.717) is 23.7 Å². The molecule has 0 aliphatic carbocycles. The molecule has 0 amide bonds. The van der Waals surface area contributed by atoms with Gasteiger partial charge in [0.2, 0.25) is 0 Å². The van der Waals surface area contributed by atoms with Crippen molar-refractivity contribution in [2.24, 2.45) is 0 Å². The van der Waals surface area contributed by atoms with Gasteiger partial charge in [0.05, 0.1) is 7.11 Å². The number of aldehydes is 1. The molecule has 0 spiro atoms. The monoisotopic (exact) mass is 298 g/mol. The molecule has 0 saturated heterocycles. The summed E-state index contributed by atoms with van der Waals surface area (Å²) in [6.07, 6.45) is 0.789. The molecule has 2 rings (SSSR count). The lowest BCUT2D eigenvalue weighted by molar-refractivity contribution is 0.112. The molecule has 0 aliphatic rings. The lowest BCUT2D eigenvalue weighted by Crippen LogP contribution is -2.10. The predicted molar refractivity (Wildman–Crippen MR) is 87.9 cm³/mol. The Hall–Kier alpha value is -2.29. The van der Waals surface area contributed by atoms with Crippen molar-refractivity contribution in [2.75, 3.05) is 7.11 Å². The van der Waals surface area contributed by atoms with E-state index in [0.717, 1.165) is 11.8 Å². The van der Waals surface area contributed by atoms with Gasteiger partial charge in [-0.1, -0.05) is 45.0 Å². The summed E-state index contributed by atoms with van der Waals surface area (Å²) in [5.74, 6) is 1.20. The molecule has 0 N–H and O–H groups in total. The number of methoxy groups -OCH3 is 1. The second-order valence-electron chi connectivity index (χ2n) is 6.26. The van der Waals surface area contributed by atoms with Crippen LogP contribution >= 0.6 is 0 Å². The third-order valence-electron chi connectivity index (χ3n) is 3.54. The number of benzene rings is 2. The molecule has 22 heavy (non-hydrogen) atoms. The maximum atomic E-state index is 10.8. The van der Waals surface area contributed by atoms with E-state index in [4.69, 9.17) is 9.47 Å². The van der Waals surface area contributed by atoms with E-state index < -0.39 is 0 Å². The zero-order valence-electron chi connectivity index (χ0n) is 13.6. The van der Waals surface area contributed by atoms with E-state index in [1.807, 2.05) is 0 Å². The first-order valence-electron chi connectivity index (χ1n) is 7.29. The predicted octanol–water partition coefficient (Wildman–Crippen LogP) is 4.38. The summed E-state index contributed by atoms with van der Waals surface area (Å²) in [6.45, 7) is 7.04. The van der Waals surface area contributed by atoms with Crippen molar-refractivity contribution < 1.29 is 14.3 Å². The molecule has 0 radical (unpaired) electrons. The Labute approximate surface area is 131 Å². The van der Waals surface area contributed by atoms with Gasteiger partial charge in [0.15, 0.2) is 11.5 Å². The third-order valence-corrected chi connectivity index (χ3v) is 3.54. The van der Waals surface area contributed by atoms with E-state index >= 15 is 0 Å². The first-order chi connectivity index (χ1) is 10.4. The van der Waals surface area contributed by atoms with Gasteiger partial charge in [0.25, 0.3) is 0 Å². The van der Waals surface area contributed by atoms with Gasteiger partial charge in [-0.3, -0.25) is 4.79 Å². The molecule has 0 unspecified atom stereocenters. The third kappa shape index (κ3) is 3.88. The van der Waals surface area contributed by atoms with Crippen LogP contribution in [0.15, 0.2) is 42.5 Å². The lowest BCUT2D eigenvalue weighted by atomic mass is 9.87. The highest BCUT2D eigenvalue weighted by atomic mass is 16.5. The molecule has 3 nitrogen and oxygen atoms in total. The van der Waals surface area contributed by atoms with Crippen LogP contribution in [0.1, 0.15) is 42.3 Å². The maximum absolute atomic E-state index is 10.8. The highest BCUT2D eigenvalue weighted by molar-refractivity contribution is 5.76. The largest absolute Gasteiger partial charge is 0.493 e. The topological polar surface area (TPSA) is 35.5 Å². The SMILES string of the molecule is COc1cc(C=O)ccc1OCc1ccc(C(C)(C)C)cc1. The fraction of sp³-hybridized carbons (Fsp3) is 0.316. The average molecular weight is 298 g/mol. The molecule has 0 heterocycles. The number of hydrogen-bond acceptors (Lipinski definition) is 3. The average Bonchev–Trinajstić information content (AvgIpc) is 2.52. The molecule has 0 saturated carbocycles. The van der Waals surface area contributed by atoms with Crippen LogP contribution in [0, 0.1) is 0 Å². The zero-order valence-corrected chi connectivity index (χ0v) is 13.6. The molecule has 0 aliphatic heterocycles. The molecular weight excluding hydrogens is 276 g/mol. The Morgan fingerprint density at radius 3 is 2.23 bits per heavy atom. The van der Waals surface area contributed by atoms with Crippen LogP contribution in [0.25, 0.3) is 0 Å². The van der Waals surface area contributed by atoms with Gasteiger partial charge in [-0.2, -0.15) is 0 Å². The molecule has 116 valence electrons. The molecule has 0 fully saturated rings. The van der Waals surface area contributed by atoms with Gasteiger partial charge in [0.1, 0.15) is 12.9 Å². The minimum atomic E-state index is 0.146. The lowest BCUT2D eigenvalue weighted by Gasteiger charge is -2.19. The Bertz CT molecular complexity index is 637. The van der Waals surface area contributed by atoms with E-state index in [2.05, 4.69) is 45.0 Å². The summed E-state index contributed by atoms with van der Waals surface area (Å²) in [6, 6.07) is 13.6. The molecule has 0 bridgehead atoms. The fourth-order valence-corrected chi connectivity index (χ4v) is 2.14. The quantitative estimate of drug-likeness (QED) is 0.768. The highest BCUT2D eigenvalue weighted by Crippen LogP contribution is 2.28. The second-order valence-corrected chi connectivity index (χ2v) is 6.26. The van der Waals surface area contributed by atoms with Crippen molar-refractivity contribution in [2.45, 2.75) is 32.8 Å². The van der Waals surface area contributed by atoms with Crippen LogP contribution in [0.4, 0.5) is 0 Å². The van der Waals surface area contributed by atoms with Gasteiger partial charge in [0, 0.05) is 5.56 Å². The van der Waals surface area contributed by atoms with Crippen LogP contribution < -0.4 is 9.47 Å². The summed E-state index contributed by atoms with van der Waals surface area (Å²) in [4.78, 5) is 10.8. The molecule has 0 aromatic heterocycles. The summed E-state index contributed by atoms with van der Waals surface area (Å²) >= 11 is 0. The highest BCUT2D eigenvalue weighted by Gasteiger charge is 2.13. The Morgan fingerprint density at radius 1 is 1.00 bits per heavy atom. The van der Waals surface area contributed by atoms with E-state index in [-0.39, 0.29) is 5.41 Å². The smallest absolute Gasteiger partial charge is 0.161 e. The van der Waals surface area contributed by atoms with Gasteiger partial charge in [-0.05, 0) is 34.7 Å². The van der Waals surface area contributed by atoms with E-state index in [9.17, 15) is 4.79 Å². The molecule has 0 atom stereocenters. The molecule has 2 aromatic rings. The van der Waals surface area contributed by atoms with E-state index in [1.165, 1.54) is 5.56 Å². The van der Waals surface area contributed by atoms with Gasteiger partial charge in [-0.15, -0.1) is 0 Å². The number of hydrogen-bond donors (Lipinski definition) is 0. The number of ether oxygens (including phenoxy) is 2. The van der Waals surface area contributed by atoms with Crippen molar-refractivity contribution in [1.29, 1.82) is 0 Å². The molecule has 2 aromatic carbocycles. The van der Waals surface area contributed by atoms with Crippen molar-refractivity contribution in [3.63, 3.8) is 0 Å². The molecule has 3 heteroatoms. The van der Waals surface area contributed by atoms with Crippen LogP contribution in [-0.4, -0.2) is 13.4 Å². The number of carbonyl (C=O) groups excluding carboxylic acids is 1.